The molecular formula is C23H30N2O6S. The van der Waals surface area contributed by atoms with Gasteiger partial charge >= 0.3 is 0 Å². The summed E-state index contributed by atoms with van der Waals surface area (Å²) in [6, 6.07) is 11.0. The van der Waals surface area contributed by atoms with Crippen LogP contribution in [0.1, 0.15) is 24.0 Å². The van der Waals surface area contributed by atoms with Crippen LogP contribution in [0.4, 0.5) is 5.69 Å². The van der Waals surface area contributed by atoms with Gasteiger partial charge in [0.15, 0.2) is 11.5 Å². The van der Waals surface area contributed by atoms with Crippen molar-refractivity contribution in [3.8, 4) is 17.2 Å². The maximum absolute atomic E-state index is 12.3. The molecule has 3 rings (SSSR count). The number of rotatable bonds is 10. The number of benzene rings is 2. The maximum atomic E-state index is 12.3. The number of nitrogens with one attached hydrogen (secondary N) is 1. The van der Waals surface area contributed by atoms with Crippen LogP contribution in [0, 0.1) is 13.8 Å². The van der Waals surface area contributed by atoms with Crippen molar-refractivity contribution in [2.75, 3.05) is 43.5 Å². The van der Waals surface area contributed by atoms with Crippen molar-refractivity contribution in [3.05, 3.63) is 47.5 Å². The Morgan fingerprint density at radius 1 is 1.09 bits per heavy atom. The summed E-state index contributed by atoms with van der Waals surface area (Å²) in [4.78, 5) is 12.2. The van der Waals surface area contributed by atoms with Crippen molar-refractivity contribution < 1.29 is 27.4 Å². The summed E-state index contributed by atoms with van der Waals surface area (Å²) in [7, 11) is -3.52. The number of ether oxygens (including phenoxy) is 3. The van der Waals surface area contributed by atoms with Crippen molar-refractivity contribution in [1.82, 2.24) is 5.32 Å². The fourth-order valence-electron chi connectivity index (χ4n) is 3.36. The Morgan fingerprint density at radius 2 is 1.84 bits per heavy atom. The first-order valence-electron chi connectivity index (χ1n) is 10.6. The lowest BCUT2D eigenvalue weighted by Gasteiger charge is -2.25. The third-order valence-electron chi connectivity index (χ3n) is 5.00. The van der Waals surface area contributed by atoms with Crippen molar-refractivity contribution in [2.24, 2.45) is 0 Å². The van der Waals surface area contributed by atoms with Gasteiger partial charge in [0.2, 0.25) is 15.9 Å². The number of hydrogen-bond donors (Lipinski definition) is 1. The summed E-state index contributed by atoms with van der Waals surface area (Å²) in [6.07, 6.45) is 1.74. The molecule has 0 fully saturated rings. The second-order valence-electron chi connectivity index (χ2n) is 7.73. The normalized spacial score (nSPS) is 12.8. The molecule has 1 amide bonds. The first kappa shape index (κ1) is 23.7. The SMILES string of the molecule is Cc1ccc(C)c(OCCNC(=O)CCCN(c2ccc3c(c2)OCCO3)S(C)(=O)=O)c1. The Hall–Kier alpha value is -2.94. The Kier molecular flexibility index (Phi) is 7.84. The number of amides is 1. The third kappa shape index (κ3) is 6.53. The summed E-state index contributed by atoms with van der Waals surface area (Å²) in [5.74, 6) is 1.77. The number of carbonyl (C=O) groups excluding carboxylic acids is 1. The van der Waals surface area contributed by atoms with Gasteiger partial charge in [-0.1, -0.05) is 12.1 Å². The van der Waals surface area contributed by atoms with Gasteiger partial charge < -0.3 is 19.5 Å². The van der Waals surface area contributed by atoms with Crippen LogP contribution in [-0.2, 0) is 14.8 Å². The Bertz CT molecular complexity index is 1050. The lowest BCUT2D eigenvalue weighted by atomic mass is 10.1. The predicted octanol–water partition coefficient (Wildman–Crippen LogP) is 2.82. The van der Waals surface area contributed by atoms with E-state index in [0.29, 0.717) is 50.0 Å². The lowest BCUT2D eigenvalue weighted by Crippen LogP contribution is -2.33. The van der Waals surface area contributed by atoms with Crippen molar-refractivity contribution in [1.29, 1.82) is 0 Å². The molecule has 0 aliphatic carbocycles. The van der Waals surface area contributed by atoms with Gasteiger partial charge in [-0.05, 0) is 49.6 Å². The molecule has 0 spiro atoms. The molecule has 8 nitrogen and oxygen atoms in total. The van der Waals surface area contributed by atoms with Crippen LogP contribution >= 0.6 is 0 Å². The van der Waals surface area contributed by atoms with Crippen LogP contribution in [0.15, 0.2) is 36.4 Å². The van der Waals surface area contributed by atoms with Gasteiger partial charge in [0.1, 0.15) is 25.6 Å². The van der Waals surface area contributed by atoms with Gasteiger partial charge in [-0.15, -0.1) is 0 Å². The first-order chi connectivity index (χ1) is 15.2. The second-order valence-corrected chi connectivity index (χ2v) is 9.64. The van der Waals surface area contributed by atoms with E-state index in [0.717, 1.165) is 23.1 Å². The molecule has 32 heavy (non-hydrogen) atoms. The highest BCUT2D eigenvalue weighted by atomic mass is 32.2. The van der Waals surface area contributed by atoms with Gasteiger partial charge in [-0.25, -0.2) is 8.42 Å². The Morgan fingerprint density at radius 3 is 2.59 bits per heavy atom. The molecule has 0 saturated heterocycles. The molecule has 1 aliphatic heterocycles. The molecule has 0 bridgehead atoms. The zero-order chi connectivity index (χ0) is 23.1. The number of carbonyl (C=O) groups is 1. The van der Waals surface area contributed by atoms with E-state index in [1.807, 2.05) is 32.0 Å². The van der Waals surface area contributed by atoms with Gasteiger partial charge in [-0.2, -0.15) is 0 Å². The average molecular weight is 463 g/mol. The van der Waals surface area contributed by atoms with Crippen LogP contribution in [0.3, 0.4) is 0 Å². The molecule has 0 radical (unpaired) electrons. The summed E-state index contributed by atoms with van der Waals surface area (Å²) in [5.41, 5.74) is 2.64. The van der Waals surface area contributed by atoms with Crippen LogP contribution in [0.2, 0.25) is 0 Å². The van der Waals surface area contributed by atoms with Gasteiger partial charge in [0, 0.05) is 19.0 Å². The van der Waals surface area contributed by atoms with Gasteiger partial charge in [0.25, 0.3) is 0 Å². The fraction of sp³-hybridized carbons (Fsp3) is 0.435. The molecule has 0 saturated carbocycles. The molecule has 9 heteroatoms. The summed E-state index contributed by atoms with van der Waals surface area (Å²) >= 11 is 0. The fourth-order valence-corrected chi connectivity index (χ4v) is 4.32. The van der Waals surface area contributed by atoms with Gasteiger partial charge in [0.05, 0.1) is 18.5 Å². The number of sulfonamides is 1. The summed E-state index contributed by atoms with van der Waals surface area (Å²) in [5, 5.41) is 2.81. The van der Waals surface area contributed by atoms with E-state index < -0.39 is 10.0 Å². The lowest BCUT2D eigenvalue weighted by molar-refractivity contribution is -0.121. The second kappa shape index (κ2) is 10.6. The number of anilines is 1. The molecule has 174 valence electrons. The monoisotopic (exact) mass is 462 g/mol. The van der Waals surface area contributed by atoms with Crippen LogP contribution < -0.4 is 23.8 Å². The van der Waals surface area contributed by atoms with Crippen molar-refractivity contribution in [2.45, 2.75) is 26.7 Å². The molecule has 1 heterocycles. The van der Waals surface area contributed by atoms with Crippen LogP contribution in [-0.4, -0.2) is 53.5 Å². The summed E-state index contributed by atoms with van der Waals surface area (Å²) < 4.78 is 42.7. The van der Waals surface area contributed by atoms with E-state index in [9.17, 15) is 13.2 Å². The van der Waals surface area contributed by atoms with E-state index in [2.05, 4.69) is 5.32 Å². The minimum absolute atomic E-state index is 0.148. The molecule has 0 aromatic heterocycles. The standard InChI is InChI=1S/C23H30N2O6S/c1-17-6-7-18(2)21(15-17)29-12-10-24-23(26)5-4-11-25(32(3,27)28)19-8-9-20-22(16-19)31-14-13-30-20/h6-9,15-16H,4-5,10-14H2,1-3H3,(H,24,26). The molecule has 2 aromatic carbocycles. The van der Waals surface area contributed by atoms with Crippen LogP contribution in [0.25, 0.3) is 0 Å². The molecule has 0 atom stereocenters. The molecule has 0 unspecified atom stereocenters. The van der Waals surface area contributed by atoms with E-state index in [-0.39, 0.29) is 18.9 Å². The molecule has 2 aromatic rings. The molecule has 1 aliphatic rings. The van der Waals surface area contributed by atoms with E-state index in [4.69, 9.17) is 14.2 Å². The summed E-state index contributed by atoms with van der Waals surface area (Å²) in [6.45, 7) is 5.79. The largest absolute Gasteiger partial charge is 0.491 e. The van der Waals surface area contributed by atoms with Crippen LogP contribution in [0.5, 0.6) is 17.2 Å². The number of hydrogen-bond acceptors (Lipinski definition) is 6. The minimum Gasteiger partial charge on any atom is -0.491 e. The van der Waals surface area contributed by atoms with Crippen molar-refractivity contribution in [3.63, 3.8) is 0 Å². The topological polar surface area (TPSA) is 94.2 Å². The average Bonchev–Trinajstić information content (AvgIpc) is 2.75. The van der Waals surface area contributed by atoms with Crippen molar-refractivity contribution >= 4 is 21.6 Å². The number of aryl methyl sites for hydroxylation is 2. The molecular weight excluding hydrogens is 432 g/mol. The Balaban J connectivity index is 1.46. The first-order valence-corrected chi connectivity index (χ1v) is 12.4. The highest BCUT2D eigenvalue weighted by Gasteiger charge is 2.21. The molecule has 1 N–H and O–H groups in total. The minimum atomic E-state index is -3.52. The number of nitrogens with zero attached hydrogens (tertiary/aromatic N) is 1. The highest BCUT2D eigenvalue weighted by molar-refractivity contribution is 7.92. The maximum Gasteiger partial charge on any atom is 0.232 e. The zero-order valence-corrected chi connectivity index (χ0v) is 19.5. The smallest absolute Gasteiger partial charge is 0.232 e. The zero-order valence-electron chi connectivity index (χ0n) is 18.7. The predicted molar refractivity (Wildman–Crippen MR) is 123 cm³/mol. The highest BCUT2D eigenvalue weighted by Crippen LogP contribution is 2.34. The Labute approximate surface area is 189 Å². The van der Waals surface area contributed by atoms with E-state index in [1.165, 1.54) is 4.31 Å². The van der Waals surface area contributed by atoms with E-state index >= 15 is 0 Å². The van der Waals surface area contributed by atoms with Gasteiger partial charge in [-0.3, -0.25) is 9.10 Å². The van der Waals surface area contributed by atoms with E-state index in [1.54, 1.807) is 18.2 Å². The number of fused-ring (bicyclic) bond motifs is 1. The third-order valence-corrected chi connectivity index (χ3v) is 6.20. The quantitative estimate of drug-likeness (QED) is 0.546.